The second kappa shape index (κ2) is 11.0. The molecule has 0 spiro atoms. The molecule has 1 rings (SSSR count). The van der Waals surface area contributed by atoms with E-state index in [1.165, 1.54) is 24.3 Å². The van der Waals surface area contributed by atoms with Crippen molar-refractivity contribution >= 4 is 11.9 Å². The highest BCUT2D eigenvalue weighted by Crippen LogP contribution is 2.03. The van der Waals surface area contributed by atoms with Crippen molar-refractivity contribution < 1.29 is 19.8 Å². The zero-order valence-electron chi connectivity index (χ0n) is 13.2. The maximum absolute atomic E-state index is 10.3. The van der Waals surface area contributed by atoms with Gasteiger partial charge in [0.05, 0.1) is 11.1 Å². The Hall–Kier alpha value is -1.84. The molecular formula is C16H26O4. The Morgan fingerprint density at radius 2 is 0.850 bits per heavy atom. The number of hydrogen-bond acceptors (Lipinski definition) is 2. The molecule has 4 nitrogen and oxygen atoms in total. The van der Waals surface area contributed by atoms with E-state index in [9.17, 15) is 9.59 Å². The third-order valence-electron chi connectivity index (χ3n) is 1.38. The summed E-state index contributed by atoms with van der Waals surface area (Å²) in [7, 11) is 0. The maximum atomic E-state index is 10.3. The van der Waals surface area contributed by atoms with Crippen LogP contribution in [-0.4, -0.2) is 22.2 Å². The monoisotopic (exact) mass is 282 g/mol. The number of rotatable bonds is 2. The fourth-order valence-electron chi connectivity index (χ4n) is 0.755. The quantitative estimate of drug-likeness (QED) is 0.842. The lowest BCUT2D eigenvalue weighted by Crippen LogP contribution is -1.99. The van der Waals surface area contributed by atoms with Gasteiger partial charge >= 0.3 is 11.9 Å². The Labute approximate surface area is 121 Å². The number of carboxylic acid groups (broad SMARTS) is 2. The summed E-state index contributed by atoms with van der Waals surface area (Å²) < 4.78 is 0. The number of benzene rings is 1. The maximum Gasteiger partial charge on any atom is 0.335 e. The second-order valence-electron chi connectivity index (χ2n) is 5.65. The van der Waals surface area contributed by atoms with Crippen LogP contribution in [0, 0.1) is 11.8 Å². The van der Waals surface area contributed by atoms with Crippen LogP contribution in [0.1, 0.15) is 62.3 Å². The number of aromatic carboxylic acids is 2. The highest BCUT2D eigenvalue weighted by Gasteiger charge is 2.04. The van der Waals surface area contributed by atoms with Gasteiger partial charge in [0, 0.05) is 0 Å². The highest BCUT2D eigenvalue weighted by atomic mass is 16.4. The van der Waals surface area contributed by atoms with Gasteiger partial charge in [-0.15, -0.1) is 0 Å². The van der Waals surface area contributed by atoms with Gasteiger partial charge in [0.25, 0.3) is 0 Å². The molecule has 0 atom stereocenters. The summed E-state index contributed by atoms with van der Waals surface area (Å²) in [5.74, 6) is -0.459. The van der Waals surface area contributed by atoms with E-state index in [0.717, 1.165) is 11.8 Å². The molecule has 0 bridgehead atoms. The van der Waals surface area contributed by atoms with Crippen LogP contribution in [0.4, 0.5) is 0 Å². The fourth-order valence-corrected chi connectivity index (χ4v) is 0.755. The van der Waals surface area contributed by atoms with Gasteiger partial charge < -0.3 is 10.2 Å². The highest BCUT2D eigenvalue weighted by molar-refractivity contribution is 5.91. The van der Waals surface area contributed by atoms with Gasteiger partial charge in [-0.05, 0) is 36.1 Å². The van der Waals surface area contributed by atoms with Crippen molar-refractivity contribution in [1.82, 2.24) is 0 Å². The van der Waals surface area contributed by atoms with Crippen molar-refractivity contribution in [3.8, 4) is 0 Å². The third-order valence-corrected chi connectivity index (χ3v) is 1.38. The van der Waals surface area contributed by atoms with E-state index in [2.05, 4.69) is 41.5 Å². The molecule has 1 aromatic rings. The molecule has 1 aromatic carbocycles. The van der Waals surface area contributed by atoms with Gasteiger partial charge in [0.2, 0.25) is 0 Å². The zero-order valence-corrected chi connectivity index (χ0v) is 13.2. The predicted octanol–water partition coefficient (Wildman–Crippen LogP) is 4.41. The fraction of sp³-hybridized carbons (Fsp3) is 0.500. The van der Waals surface area contributed by atoms with Crippen LogP contribution in [0.15, 0.2) is 24.3 Å². The van der Waals surface area contributed by atoms with Crippen molar-refractivity contribution in [1.29, 1.82) is 0 Å². The molecule has 0 aliphatic rings. The Balaban J connectivity index is 0. The first-order chi connectivity index (χ1) is 9.07. The van der Waals surface area contributed by atoms with E-state index < -0.39 is 11.9 Å². The summed E-state index contributed by atoms with van der Waals surface area (Å²) in [5.41, 5.74) is 0.167. The van der Waals surface area contributed by atoms with E-state index in [1.807, 2.05) is 0 Å². The summed E-state index contributed by atoms with van der Waals surface area (Å²) in [6.45, 7) is 13.0. The minimum absolute atomic E-state index is 0.0833. The molecular weight excluding hydrogens is 256 g/mol. The Morgan fingerprint density at radius 1 is 0.700 bits per heavy atom. The molecule has 0 saturated carbocycles. The smallest absolute Gasteiger partial charge is 0.335 e. The van der Waals surface area contributed by atoms with Crippen molar-refractivity contribution in [2.24, 2.45) is 11.8 Å². The Kier molecular flexibility index (Phi) is 11.3. The van der Waals surface area contributed by atoms with Gasteiger partial charge in [-0.25, -0.2) is 9.59 Å². The van der Waals surface area contributed by atoms with E-state index in [0.29, 0.717) is 0 Å². The van der Waals surface area contributed by atoms with Gasteiger partial charge in [-0.2, -0.15) is 0 Å². The van der Waals surface area contributed by atoms with Crippen molar-refractivity contribution in [2.75, 3.05) is 0 Å². The summed E-state index contributed by atoms with van der Waals surface area (Å²) in [6.07, 6.45) is 0. The molecule has 0 saturated heterocycles. The molecule has 0 heterocycles. The lowest BCUT2D eigenvalue weighted by atomic mass is 10.1. The lowest BCUT2D eigenvalue weighted by Gasteiger charge is -1.94. The molecule has 0 aromatic heterocycles. The molecule has 0 aliphatic heterocycles. The predicted molar refractivity (Wildman–Crippen MR) is 81.4 cm³/mol. The van der Waals surface area contributed by atoms with Crippen molar-refractivity contribution in [3.05, 3.63) is 35.4 Å². The van der Waals surface area contributed by atoms with E-state index in [4.69, 9.17) is 10.2 Å². The Morgan fingerprint density at radius 3 is 0.950 bits per heavy atom. The normalized spacial score (nSPS) is 9.20. The van der Waals surface area contributed by atoms with Crippen LogP contribution in [0.2, 0.25) is 0 Å². The van der Waals surface area contributed by atoms with Crippen molar-refractivity contribution in [3.63, 3.8) is 0 Å². The van der Waals surface area contributed by atoms with E-state index in [1.54, 1.807) is 0 Å². The first kappa shape index (κ1) is 20.5. The van der Waals surface area contributed by atoms with Crippen LogP contribution < -0.4 is 0 Å². The van der Waals surface area contributed by atoms with Crippen LogP contribution in [0.5, 0.6) is 0 Å². The molecule has 0 amide bonds. The molecule has 0 unspecified atom stereocenters. The van der Waals surface area contributed by atoms with Crippen LogP contribution in [0.25, 0.3) is 0 Å². The van der Waals surface area contributed by atoms with Gasteiger partial charge in [-0.1, -0.05) is 41.5 Å². The van der Waals surface area contributed by atoms with Crippen LogP contribution in [0.3, 0.4) is 0 Å². The van der Waals surface area contributed by atoms with Crippen LogP contribution >= 0.6 is 0 Å². The molecule has 2 N–H and O–H groups in total. The molecule has 0 aliphatic carbocycles. The first-order valence-electron chi connectivity index (χ1n) is 6.64. The average molecular weight is 282 g/mol. The first-order valence-corrected chi connectivity index (χ1v) is 6.64. The summed E-state index contributed by atoms with van der Waals surface area (Å²) >= 11 is 0. The third kappa shape index (κ3) is 14.2. The molecule has 0 radical (unpaired) electrons. The van der Waals surface area contributed by atoms with E-state index in [-0.39, 0.29) is 11.1 Å². The molecule has 0 fully saturated rings. The number of carboxylic acids is 2. The standard InChI is InChI=1S/C8H6O4.2C4H10/c9-7(10)5-1-2-6(4-3-5)8(11)12;2*1-4(2)3/h1-4H,(H,9,10)(H,11,12);2*4H,1-3H3. The number of hydrogen-bond donors (Lipinski definition) is 2. The largest absolute Gasteiger partial charge is 0.478 e. The minimum Gasteiger partial charge on any atom is -0.478 e. The number of carbonyl (C=O) groups is 2. The van der Waals surface area contributed by atoms with E-state index >= 15 is 0 Å². The summed E-state index contributed by atoms with van der Waals surface area (Å²) in [5, 5.41) is 16.9. The Bertz CT molecular complexity index is 347. The van der Waals surface area contributed by atoms with Crippen molar-refractivity contribution in [2.45, 2.75) is 41.5 Å². The summed E-state index contributed by atoms with van der Waals surface area (Å²) in [6, 6.07) is 5.02. The molecule has 4 heteroatoms. The summed E-state index contributed by atoms with van der Waals surface area (Å²) in [4.78, 5) is 20.7. The second-order valence-corrected chi connectivity index (χ2v) is 5.65. The molecule has 20 heavy (non-hydrogen) atoms. The topological polar surface area (TPSA) is 74.6 Å². The molecule has 114 valence electrons. The van der Waals surface area contributed by atoms with Gasteiger partial charge in [0.1, 0.15) is 0 Å². The SMILES string of the molecule is CC(C)C.CC(C)C.O=C(O)c1ccc(C(=O)O)cc1. The average Bonchev–Trinajstić information content (AvgIpc) is 2.27. The zero-order chi connectivity index (χ0) is 16.3. The van der Waals surface area contributed by atoms with Gasteiger partial charge in [-0.3, -0.25) is 0 Å². The lowest BCUT2D eigenvalue weighted by molar-refractivity contribution is 0.0681. The van der Waals surface area contributed by atoms with Gasteiger partial charge in [0.15, 0.2) is 0 Å². The van der Waals surface area contributed by atoms with Crippen LogP contribution in [-0.2, 0) is 0 Å². The minimum atomic E-state index is -1.06.